The predicted octanol–water partition coefficient (Wildman–Crippen LogP) is 3.57. The van der Waals surface area contributed by atoms with Gasteiger partial charge in [0.25, 0.3) is 0 Å². The van der Waals surface area contributed by atoms with Crippen LogP contribution in [0.2, 0.25) is 0 Å². The summed E-state index contributed by atoms with van der Waals surface area (Å²) in [7, 11) is 0. The molecule has 0 radical (unpaired) electrons. The number of anilines is 1. The molecule has 0 atom stereocenters. The van der Waals surface area contributed by atoms with Gasteiger partial charge in [-0.1, -0.05) is 26.8 Å². The fourth-order valence-corrected chi connectivity index (χ4v) is 2.96. The smallest absolute Gasteiger partial charge is 0.145 e. The number of thiazole rings is 1. The van der Waals surface area contributed by atoms with Gasteiger partial charge in [0.15, 0.2) is 0 Å². The van der Waals surface area contributed by atoms with Gasteiger partial charge in [0.1, 0.15) is 5.82 Å². The number of nitrogen functional groups attached to an aromatic ring is 1. The highest BCUT2D eigenvalue weighted by Gasteiger charge is 2.18. The van der Waals surface area contributed by atoms with Gasteiger partial charge in [-0.15, -0.1) is 11.3 Å². The third-order valence-corrected chi connectivity index (χ3v) is 4.38. The van der Waals surface area contributed by atoms with E-state index in [1.54, 1.807) is 11.3 Å². The zero-order valence-corrected chi connectivity index (χ0v) is 12.0. The van der Waals surface area contributed by atoms with Crippen LogP contribution in [0.15, 0.2) is 24.3 Å². The standard InChI is InChI=1S/C14H16N4S/c1-14(2,3)13-16-9-5-4-8(6-11(9)19-13)10-7-12(15)18-17-10/h4-7H,1-3H3,(H3,15,17,18). The van der Waals surface area contributed by atoms with Crippen molar-refractivity contribution in [2.24, 2.45) is 0 Å². The molecule has 0 bridgehead atoms. The molecular weight excluding hydrogens is 256 g/mol. The molecule has 0 aliphatic rings. The number of aromatic nitrogens is 3. The van der Waals surface area contributed by atoms with E-state index in [0.29, 0.717) is 5.82 Å². The van der Waals surface area contributed by atoms with Crippen LogP contribution in [0.25, 0.3) is 21.5 Å². The van der Waals surface area contributed by atoms with E-state index in [4.69, 9.17) is 10.7 Å². The molecule has 0 spiro atoms. The maximum Gasteiger partial charge on any atom is 0.145 e. The second-order valence-corrected chi connectivity index (χ2v) is 6.69. The van der Waals surface area contributed by atoms with Crippen LogP contribution in [0.3, 0.4) is 0 Å². The lowest BCUT2D eigenvalue weighted by Crippen LogP contribution is -2.09. The zero-order chi connectivity index (χ0) is 13.6. The Hall–Kier alpha value is -1.88. The normalized spacial score (nSPS) is 12.2. The first-order valence-electron chi connectivity index (χ1n) is 6.16. The van der Waals surface area contributed by atoms with Gasteiger partial charge in [0.05, 0.1) is 20.9 Å². The van der Waals surface area contributed by atoms with Crippen LogP contribution >= 0.6 is 11.3 Å². The van der Waals surface area contributed by atoms with E-state index in [-0.39, 0.29) is 5.41 Å². The zero-order valence-electron chi connectivity index (χ0n) is 11.2. The van der Waals surface area contributed by atoms with Crippen molar-refractivity contribution in [3.05, 3.63) is 29.3 Å². The average Bonchev–Trinajstić information content (AvgIpc) is 2.92. The van der Waals surface area contributed by atoms with Crippen LogP contribution in [0.4, 0.5) is 5.82 Å². The summed E-state index contributed by atoms with van der Waals surface area (Å²) in [5.74, 6) is 0.509. The molecule has 2 aromatic heterocycles. The van der Waals surface area contributed by atoms with Crippen molar-refractivity contribution in [1.29, 1.82) is 0 Å². The second-order valence-electron chi connectivity index (χ2n) is 5.66. The number of hydrogen-bond donors (Lipinski definition) is 2. The summed E-state index contributed by atoms with van der Waals surface area (Å²) >= 11 is 1.74. The van der Waals surface area contributed by atoms with E-state index in [0.717, 1.165) is 21.8 Å². The molecule has 0 aliphatic heterocycles. The number of benzene rings is 1. The number of nitrogens with zero attached hydrogens (tertiary/aromatic N) is 2. The molecule has 0 unspecified atom stereocenters. The van der Waals surface area contributed by atoms with Gasteiger partial charge >= 0.3 is 0 Å². The fraction of sp³-hybridized carbons (Fsp3) is 0.286. The van der Waals surface area contributed by atoms with E-state index in [9.17, 15) is 0 Å². The van der Waals surface area contributed by atoms with Crippen molar-refractivity contribution in [2.75, 3.05) is 5.73 Å². The monoisotopic (exact) mass is 272 g/mol. The number of aromatic amines is 1. The molecule has 2 heterocycles. The number of H-pyrrole nitrogens is 1. The Bertz CT molecular complexity index is 733. The molecule has 3 N–H and O–H groups in total. The molecule has 3 rings (SSSR count). The van der Waals surface area contributed by atoms with Gasteiger partial charge in [-0.2, -0.15) is 5.10 Å². The topological polar surface area (TPSA) is 67.6 Å². The number of rotatable bonds is 1. The minimum absolute atomic E-state index is 0.0856. The average molecular weight is 272 g/mol. The Labute approximate surface area is 115 Å². The van der Waals surface area contributed by atoms with Gasteiger partial charge < -0.3 is 5.73 Å². The first kappa shape index (κ1) is 12.2. The van der Waals surface area contributed by atoms with E-state index < -0.39 is 0 Å². The maximum atomic E-state index is 5.64. The Morgan fingerprint density at radius 2 is 2.00 bits per heavy atom. The highest BCUT2D eigenvalue weighted by molar-refractivity contribution is 7.18. The lowest BCUT2D eigenvalue weighted by Gasteiger charge is -2.13. The fourth-order valence-electron chi connectivity index (χ4n) is 1.90. The lowest BCUT2D eigenvalue weighted by molar-refractivity contribution is 0.587. The van der Waals surface area contributed by atoms with Crippen molar-refractivity contribution in [3.8, 4) is 11.3 Å². The largest absolute Gasteiger partial charge is 0.382 e. The summed E-state index contributed by atoms with van der Waals surface area (Å²) in [5.41, 5.74) is 8.79. The van der Waals surface area contributed by atoms with Gasteiger partial charge in [0.2, 0.25) is 0 Å². The van der Waals surface area contributed by atoms with Crippen LogP contribution in [0.5, 0.6) is 0 Å². The Balaban J connectivity index is 2.11. The molecule has 0 saturated carbocycles. The minimum atomic E-state index is 0.0856. The maximum absolute atomic E-state index is 5.64. The summed E-state index contributed by atoms with van der Waals surface area (Å²) < 4.78 is 1.19. The van der Waals surface area contributed by atoms with Crippen molar-refractivity contribution < 1.29 is 0 Å². The van der Waals surface area contributed by atoms with Crippen LogP contribution in [0.1, 0.15) is 25.8 Å². The number of nitrogens with one attached hydrogen (secondary N) is 1. The van der Waals surface area contributed by atoms with Gasteiger partial charge in [-0.05, 0) is 12.1 Å². The minimum Gasteiger partial charge on any atom is -0.382 e. The first-order valence-corrected chi connectivity index (χ1v) is 6.97. The second kappa shape index (κ2) is 4.06. The van der Waals surface area contributed by atoms with Crippen LogP contribution in [0, 0.1) is 0 Å². The van der Waals surface area contributed by atoms with Crippen LogP contribution in [-0.4, -0.2) is 15.2 Å². The van der Waals surface area contributed by atoms with Gasteiger partial charge in [0, 0.05) is 17.0 Å². The first-order chi connectivity index (χ1) is 8.93. The molecule has 19 heavy (non-hydrogen) atoms. The molecule has 0 fully saturated rings. The highest BCUT2D eigenvalue weighted by atomic mass is 32.1. The third kappa shape index (κ3) is 2.21. The molecule has 98 valence electrons. The Morgan fingerprint density at radius 1 is 1.21 bits per heavy atom. The number of fused-ring (bicyclic) bond motifs is 1. The summed E-state index contributed by atoms with van der Waals surface area (Å²) in [5, 5.41) is 8.05. The molecule has 1 aromatic carbocycles. The predicted molar refractivity (Wildman–Crippen MR) is 80.3 cm³/mol. The highest BCUT2D eigenvalue weighted by Crippen LogP contribution is 2.33. The molecule has 5 heteroatoms. The number of hydrogen-bond acceptors (Lipinski definition) is 4. The summed E-state index contributed by atoms with van der Waals surface area (Å²) in [6.45, 7) is 6.55. The Kier molecular flexibility index (Phi) is 2.60. The quantitative estimate of drug-likeness (QED) is 0.711. The SMILES string of the molecule is CC(C)(C)c1nc2ccc(-c3cc(N)n[nH]3)cc2s1. The number of nitrogens with two attached hydrogens (primary N) is 1. The molecule has 0 amide bonds. The molecule has 0 aliphatic carbocycles. The van der Waals surface area contributed by atoms with E-state index in [1.807, 2.05) is 18.2 Å². The van der Waals surface area contributed by atoms with Gasteiger partial charge in [-0.3, -0.25) is 5.10 Å². The third-order valence-electron chi connectivity index (χ3n) is 2.94. The van der Waals surface area contributed by atoms with E-state index in [1.165, 1.54) is 4.70 Å². The summed E-state index contributed by atoms with van der Waals surface area (Å²) in [6, 6.07) is 8.07. The van der Waals surface area contributed by atoms with Gasteiger partial charge in [-0.25, -0.2) is 4.98 Å². The molecule has 3 aromatic rings. The van der Waals surface area contributed by atoms with Crippen molar-refractivity contribution in [2.45, 2.75) is 26.2 Å². The summed E-state index contributed by atoms with van der Waals surface area (Å²) in [4.78, 5) is 4.69. The van der Waals surface area contributed by atoms with Crippen LogP contribution < -0.4 is 5.73 Å². The molecule has 0 saturated heterocycles. The lowest BCUT2D eigenvalue weighted by atomic mass is 9.98. The van der Waals surface area contributed by atoms with E-state index in [2.05, 4.69) is 37.0 Å². The van der Waals surface area contributed by atoms with Crippen molar-refractivity contribution >= 4 is 27.4 Å². The molecule has 4 nitrogen and oxygen atoms in total. The van der Waals surface area contributed by atoms with Crippen molar-refractivity contribution in [1.82, 2.24) is 15.2 Å². The molecular formula is C14H16N4S. The van der Waals surface area contributed by atoms with Crippen LogP contribution in [-0.2, 0) is 5.41 Å². The summed E-state index contributed by atoms with van der Waals surface area (Å²) in [6.07, 6.45) is 0. The Morgan fingerprint density at radius 3 is 2.63 bits per heavy atom. The van der Waals surface area contributed by atoms with E-state index >= 15 is 0 Å². The van der Waals surface area contributed by atoms with Crippen molar-refractivity contribution in [3.63, 3.8) is 0 Å².